The van der Waals surface area contributed by atoms with Gasteiger partial charge in [-0.25, -0.2) is 9.59 Å². The summed E-state index contributed by atoms with van der Waals surface area (Å²) in [5.74, 6) is -4.49. The van der Waals surface area contributed by atoms with E-state index in [0.29, 0.717) is 24.8 Å². The molecule has 4 rings (SSSR count). The Labute approximate surface area is 427 Å². The molecule has 0 spiro atoms. The third-order valence-corrected chi connectivity index (χ3v) is 13.7. The first kappa shape index (κ1) is 59.7. The predicted octanol–water partition coefficient (Wildman–Crippen LogP) is 7.26. The number of carbonyl (C=O) groups is 3. The summed E-state index contributed by atoms with van der Waals surface area (Å²) >= 11 is 12.3. The number of aliphatic hydroxyl groups is 4. The fraction of sp³-hybridized carbons (Fsp3) is 0.635. The molecule has 1 aromatic carbocycles. The molecule has 2 saturated heterocycles. The largest absolute Gasteiger partial charge is 0.505 e. The number of aromatic hydroxyl groups is 2. The number of rotatable bonds is 13. The summed E-state index contributed by atoms with van der Waals surface area (Å²) in [6.07, 6.45) is -2.17. The molecule has 6 N–H and O–H groups in total. The molecule has 3 aliphatic rings. The number of phenols is 2. The van der Waals surface area contributed by atoms with Crippen LogP contribution in [0.5, 0.6) is 11.5 Å². The summed E-state index contributed by atoms with van der Waals surface area (Å²) in [4.78, 5) is 40.0. The molecule has 0 aromatic heterocycles. The Morgan fingerprint density at radius 3 is 2.17 bits per heavy atom. The van der Waals surface area contributed by atoms with Gasteiger partial charge in [0.25, 0.3) is 0 Å². The second-order valence-corrected chi connectivity index (χ2v) is 19.9. The number of hydrogen-bond acceptors (Lipinski definition) is 17. The molecule has 13 atom stereocenters. The van der Waals surface area contributed by atoms with E-state index in [4.69, 9.17) is 61.1 Å². The number of carbonyl (C=O) groups excluding carboxylic acids is 3. The third kappa shape index (κ3) is 14.7. The summed E-state index contributed by atoms with van der Waals surface area (Å²) in [6, 6.07) is 0. The molecule has 17 nitrogen and oxygen atoms in total. The topological polar surface area (TPSA) is 246 Å². The number of methoxy groups -OCH3 is 1. The quantitative estimate of drug-likeness (QED) is 0.0646. The molecule has 71 heavy (non-hydrogen) atoms. The minimum Gasteiger partial charge on any atom is -0.505 e. The number of halogens is 2. The van der Waals surface area contributed by atoms with Gasteiger partial charge in [0.1, 0.15) is 46.7 Å². The maximum absolute atomic E-state index is 13.9. The van der Waals surface area contributed by atoms with Gasteiger partial charge >= 0.3 is 17.9 Å². The van der Waals surface area contributed by atoms with Crippen LogP contribution in [0.15, 0.2) is 58.7 Å². The second-order valence-electron chi connectivity index (χ2n) is 19.1. The Morgan fingerprint density at radius 2 is 1.56 bits per heavy atom. The van der Waals surface area contributed by atoms with Crippen LogP contribution in [-0.4, -0.2) is 141 Å². The van der Waals surface area contributed by atoms with E-state index in [2.05, 4.69) is 0 Å². The number of ether oxygens (including phenoxy) is 8. The molecule has 0 radical (unpaired) electrons. The normalized spacial score (nSPS) is 34.7. The molecule has 0 saturated carbocycles. The highest BCUT2D eigenvalue weighted by atomic mass is 35.5. The molecule has 0 bridgehead atoms. The highest BCUT2D eigenvalue weighted by Crippen LogP contribution is 2.45. The van der Waals surface area contributed by atoms with Crippen LogP contribution >= 0.6 is 23.2 Å². The SMILES string of the molecule is CCc1c(Cl)c(O)c(Cl)c(O)c1C(=O)O[C@H]1[C@H](O)[C@H](OC)[C@H](OC/C2=C\C=C\C[C@H](O)/C(C)=C/[C@H](CC)[C@@H](O[C@@H]3OC(C)(C)[C@@H](OC(=O)C(C)C)[C@H](O)[C@@H]3O)/C(C)=C/C(C)=C/C[C@@H](CC)OC2=O)O[C@@H]1C. The zero-order valence-corrected chi connectivity index (χ0v) is 44.2. The van der Waals surface area contributed by atoms with Gasteiger partial charge in [-0.05, 0) is 90.0 Å². The van der Waals surface area contributed by atoms with Crippen LogP contribution in [0.4, 0.5) is 0 Å². The molecule has 2 fully saturated rings. The van der Waals surface area contributed by atoms with E-state index < -0.39 is 120 Å². The number of esters is 3. The summed E-state index contributed by atoms with van der Waals surface area (Å²) in [5.41, 5.74) is 0.700. The van der Waals surface area contributed by atoms with E-state index in [1.165, 1.54) is 20.1 Å². The van der Waals surface area contributed by atoms with Gasteiger partial charge in [0.15, 0.2) is 36.3 Å². The van der Waals surface area contributed by atoms with Gasteiger partial charge in [-0.2, -0.15) is 0 Å². The maximum atomic E-state index is 13.9. The van der Waals surface area contributed by atoms with Gasteiger partial charge in [-0.15, -0.1) is 0 Å². The summed E-state index contributed by atoms with van der Waals surface area (Å²) < 4.78 is 47.8. The first-order valence-corrected chi connectivity index (χ1v) is 24.9. The van der Waals surface area contributed by atoms with Gasteiger partial charge in [0, 0.05) is 19.4 Å². The predicted molar refractivity (Wildman–Crippen MR) is 264 cm³/mol. The van der Waals surface area contributed by atoms with Crippen molar-refractivity contribution in [3.63, 3.8) is 0 Å². The average molecular weight is 1040 g/mol. The monoisotopic (exact) mass is 1040 g/mol. The first-order chi connectivity index (χ1) is 33.3. The van der Waals surface area contributed by atoms with Gasteiger partial charge in [0.2, 0.25) is 0 Å². The van der Waals surface area contributed by atoms with Crippen molar-refractivity contribution in [2.45, 2.75) is 187 Å². The van der Waals surface area contributed by atoms with E-state index in [1.54, 1.807) is 53.7 Å². The lowest BCUT2D eigenvalue weighted by Crippen LogP contribution is -2.64. The van der Waals surface area contributed by atoms with Crippen molar-refractivity contribution in [1.29, 1.82) is 0 Å². The fourth-order valence-electron chi connectivity index (χ4n) is 8.58. The fourth-order valence-corrected chi connectivity index (χ4v) is 9.14. The van der Waals surface area contributed by atoms with Gasteiger partial charge < -0.3 is 68.5 Å². The van der Waals surface area contributed by atoms with Crippen LogP contribution in [0.3, 0.4) is 0 Å². The van der Waals surface area contributed by atoms with Crippen LogP contribution < -0.4 is 0 Å². The molecule has 3 aliphatic heterocycles. The van der Waals surface area contributed by atoms with Crippen molar-refractivity contribution < 1.29 is 82.9 Å². The maximum Gasteiger partial charge on any atom is 0.342 e. The molecule has 3 heterocycles. The molecular formula is C52H74Cl2O17. The number of phenolic OH excluding ortho intramolecular Hbond substituents is 2. The lowest BCUT2D eigenvalue weighted by atomic mass is 9.88. The van der Waals surface area contributed by atoms with Crippen LogP contribution in [0.2, 0.25) is 10.0 Å². The standard InChI is InChI=1S/C52H74Cl2O17/c1-13-30-23-27(7)34(55)19-17-16-18-31(24-65-51-45(64-12)42(60)44(29(9)66-51)68-49(63)35-33(15-3)36(53)39(57)37(54)38(35)56)48(62)67-32(14-2)21-20-26(6)22-28(8)43(30)69-50-41(59)40(58)46(52(10,11)71-50)70-47(61)25(4)5/h16-18,20,22-23,25,29-30,32,34,40-46,50-51,55-60H,13-15,19,21,24H2,1-12H3/b17-16+,26-20+,27-23+,28-22+,31-18+/t29-,30+,32-,34+,40-,41+,42+,43+,44-,45+,46+,50-,51-/m1/s1. The van der Waals surface area contributed by atoms with Crippen LogP contribution in [0, 0.1) is 11.8 Å². The second kappa shape index (κ2) is 26.4. The highest BCUT2D eigenvalue weighted by molar-refractivity contribution is 6.39. The average Bonchev–Trinajstić information content (AvgIpc) is 3.32. The lowest BCUT2D eigenvalue weighted by molar-refractivity contribution is -0.333. The molecule has 0 aliphatic carbocycles. The van der Waals surface area contributed by atoms with Crippen LogP contribution in [-0.2, 0) is 53.9 Å². The van der Waals surface area contributed by atoms with Crippen molar-refractivity contribution in [2.75, 3.05) is 13.7 Å². The van der Waals surface area contributed by atoms with Crippen molar-refractivity contribution in [3.8, 4) is 11.5 Å². The number of aliphatic hydroxyl groups excluding tert-OH is 4. The molecule has 19 heteroatoms. The van der Waals surface area contributed by atoms with E-state index >= 15 is 0 Å². The number of allylic oxidation sites excluding steroid dienone is 4. The van der Waals surface area contributed by atoms with Crippen LogP contribution in [0.25, 0.3) is 0 Å². The van der Waals surface area contributed by atoms with Crippen molar-refractivity contribution in [2.24, 2.45) is 11.8 Å². The molecule has 398 valence electrons. The number of cyclic esters (lactones) is 1. The number of benzene rings is 1. The number of hydrogen-bond donors (Lipinski definition) is 6. The van der Waals surface area contributed by atoms with Crippen molar-refractivity contribution >= 4 is 41.1 Å². The van der Waals surface area contributed by atoms with E-state index in [1.807, 2.05) is 45.9 Å². The first-order valence-electron chi connectivity index (χ1n) is 24.1. The zero-order valence-electron chi connectivity index (χ0n) is 42.7. The lowest BCUT2D eigenvalue weighted by Gasteiger charge is -2.47. The molecule has 0 amide bonds. The van der Waals surface area contributed by atoms with Crippen molar-refractivity contribution in [3.05, 3.63) is 79.9 Å². The van der Waals surface area contributed by atoms with Gasteiger partial charge in [-0.3, -0.25) is 4.79 Å². The Morgan fingerprint density at radius 1 is 0.887 bits per heavy atom. The van der Waals surface area contributed by atoms with Gasteiger partial charge in [0.05, 0.1) is 41.4 Å². The third-order valence-electron chi connectivity index (χ3n) is 12.9. The van der Waals surface area contributed by atoms with E-state index in [-0.39, 0.29) is 47.1 Å². The Hall–Kier alpha value is -3.85. The van der Waals surface area contributed by atoms with Gasteiger partial charge in [-0.1, -0.05) is 93.8 Å². The molecule has 0 unspecified atom stereocenters. The van der Waals surface area contributed by atoms with E-state index in [0.717, 1.165) is 11.1 Å². The summed E-state index contributed by atoms with van der Waals surface area (Å²) in [6.45, 7) is 18.8. The molecular weight excluding hydrogens is 967 g/mol. The Balaban J connectivity index is 1.58. The summed E-state index contributed by atoms with van der Waals surface area (Å²) in [7, 11) is 1.29. The highest BCUT2D eigenvalue weighted by Gasteiger charge is 2.53. The molecule has 1 aromatic rings. The minimum absolute atomic E-state index is 0.0756. The zero-order chi connectivity index (χ0) is 53.2. The smallest absolute Gasteiger partial charge is 0.342 e. The van der Waals surface area contributed by atoms with E-state index in [9.17, 15) is 45.0 Å². The Bertz CT molecular complexity index is 2180. The van der Waals surface area contributed by atoms with Crippen LogP contribution in [0.1, 0.15) is 118 Å². The Kier molecular flexibility index (Phi) is 22.2. The summed E-state index contributed by atoms with van der Waals surface area (Å²) in [5, 5.41) is 65.6. The van der Waals surface area contributed by atoms with Crippen molar-refractivity contribution in [1.82, 2.24) is 0 Å². The minimum atomic E-state index is -1.58.